The Labute approximate surface area is 128 Å². The molecular formula is C17H28N2O2. The smallest absolute Gasteiger partial charge is 0.271 e. The average Bonchev–Trinajstić information content (AvgIpc) is 2.71. The molecule has 0 radical (unpaired) electrons. The van der Waals surface area contributed by atoms with Gasteiger partial charge in [0.05, 0.1) is 12.6 Å². The Balaban J connectivity index is 2.46. The lowest BCUT2D eigenvalue weighted by atomic mass is 9.89. The zero-order chi connectivity index (χ0) is 16.0. The van der Waals surface area contributed by atoms with Crippen LogP contribution in [-0.4, -0.2) is 40.7 Å². The van der Waals surface area contributed by atoms with Crippen LogP contribution in [0.15, 0.2) is 12.3 Å². The van der Waals surface area contributed by atoms with Crippen molar-refractivity contribution < 1.29 is 9.53 Å². The van der Waals surface area contributed by atoms with Crippen molar-refractivity contribution in [2.24, 2.45) is 0 Å². The van der Waals surface area contributed by atoms with Crippen molar-refractivity contribution in [3.8, 4) is 0 Å². The molecule has 1 aromatic heterocycles. The fourth-order valence-electron chi connectivity index (χ4n) is 3.02. The maximum atomic E-state index is 12.9. The van der Waals surface area contributed by atoms with E-state index >= 15 is 0 Å². The van der Waals surface area contributed by atoms with Gasteiger partial charge in [-0.2, -0.15) is 0 Å². The molecule has 1 atom stereocenters. The van der Waals surface area contributed by atoms with Crippen molar-refractivity contribution in [3.63, 3.8) is 0 Å². The van der Waals surface area contributed by atoms with E-state index in [1.807, 2.05) is 11.0 Å². The Morgan fingerprint density at radius 1 is 1.24 bits per heavy atom. The second-order valence-electron chi connectivity index (χ2n) is 7.97. The van der Waals surface area contributed by atoms with E-state index in [1.54, 1.807) is 7.11 Å². The van der Waals surface area contributed by atoms with Gasteiger partial charge in [-0.1, -0.05) is 20.8 Å². The number of ether oxygens (including phenoxy) is 1. The van der Waals surface area contributed by atoms with Gasteiger partial charge in [-0.05, 0) is 37.8 Å². The van der Waals surface area contributed by atoms with Gasteiger partial charge in [0.2, 0.25) is 0 Å². The maximum absolute atomic E-state index is 12.9. The number of hydrogen-bond acceptors (Lipinski definition) is 2. The lowest BCUT2D eigenvalue weighted by molar-refractivity contribution is 0.0108. The van der Waals surface area contributed by atoms with Crippen LogP contribution in [0.5, 0.6) is 0 Å². The molecule has 0 unspecified atom stereocenters. The molecule has 0 spiro atoms. The molecule has 4 heteroatoms. The molecule has 1 aliphatic rings. The minimum absolute atomic E-state index is 0.0495. The van der Waals surface area contributed by atoms with Crippen molar-refractivity contribution in [3.05, 3.63) is 23.5 Å². The molecule has 0 saturated carbocycles. The van der Waals surface area contributed by atoms with E-state index in [9.17, 15) is 4.79 Å². The molecule has 0 aromatic carbocycles. The summed E-state index contributed by atoms with van der Waals surface area (Å²) >= 11 is 0. The lowest BCUT2D eigenvalue weighted by Crippen LogP contribution is -2.57. The quantitative estimate of drug-likeness (QED) is 0.839. The highest BCUT2D eigenvalue weighted by atomic mass is 16.5. The van der Waals surface area contributed by atoms with Gasteiger partial charge in [0.25, 0.3) is 5.91 Å². The second kappa shape index (κ2) is 5.16. The maximum Gasteiger partial charge on any atom is 0.271 e. The summed E-state index contributed by atoms with van der Waals surface area (Å²) in [5.41, 5.74) is 1.84. The summed E-state index contributed by atoms with van der Waals surface area (Å²) < 4.78 is 7.43. The first-order valence-electron chi connectivity index (χ1n) is 7.59. The Morgan fingerprint density at radius 3 is 2.33 bits per heavy atom. The van der Waals surface area contributed by atoms with Crippen LogP contribution in [0.25, 0.3) is 0 Å². The Bertz CT molecular complexity index is 532. The molecule has 0 bridgehead atoms. The molecule has 4 nitrogen and oxygen atoms in total. The van der Waals surface area contributed by atoms with Crippen LogP contribution in [0.3, 0.4) is 0 Å². The number of amides is 1. The summed E-state index contributed by atoms with van der Waals surface area (Å²) in [5, 5.41) is 0. The summed E-state index contributed by atoms with van der Waals surface area (Å²) in [4.78, 5) is 14.9. The van der Waals surface area contributed by atoms with Crippen molar-refractivity contribution in [2.75, 3.05) is 13.7 Å². The van der Waals surface area contributed by atoms with Crippen LogP contribution in [0.1, 0.15) is 57.6 Å². The van der Waals surface area contributed by atoms with Crippen molar-refractivity contribution in [1.82, 2.24) is 9.47 Å². The molecule has 118 valence electrons. The monoisotopic (exact) mass is 292 g/mol. The first kappa shape index (κ1) is 16.1. The van der Waals surface area contributed by atoms with E-state index in [0.717, 1.165) is 12.2 Å². The lowest BCUT2D eigenvalue weighted by Gasteiger charge is -2.44. The van der Waals surface area contributed by atoms with Gasteiger partial charge in [-0.3, -0.25) is 4.79 Å². The van der Waals surface area contributed by atoms with E-state index in [4.69, 9.17) is 4.74 Å². The summed E-state index contributed by atoms with van der Waals surface area (Å²) in [6.07, 6.45) is 2.12. The zero-order valence-electron chi connectivity index (χ0n) is 14.4. The van der Waals surface area contributed by atoms with Crippen molar-refractivity contribution in [2.45, 2.75) is 65.1 Å². The molecule has 0 fully saturated rings. The van der Waals surface area contributed by atoms with E-state index in [-0.39, 0.29) is 22.9 Å². The Kier molecular flexibility index (Phi) is 3.96. The van der Waals surface area contributed by atoms with Gasteiger partial charge in [0, 0.05) is 25.4 Å². The number of fused-ring (bicyclic) bond motifs is 1. The van der Waals surface area contributed by atoms with Crippen molar-refractivity contribution >= 4 is 5.91 Å². The third-order valence-corrected chi connectivity index (χ3v) is 4.05. The molecule has 2 heterocycles. The highest BCUT2D eigenvalue weighted by molar-refractivity contribution is 5.94. The van der Waals surface area contributed by atoms with Crippen LogP contribution < -0.4 is 0 Å². The van der Waals surface area contributed by atoms with Gasteiger partial charge in [0.15, 0.2) is 0 Å². The number of methoxy groups -OCH3 is 1. The molecule has 0 saturated heterocycles. The topological polar surface area (TPSA) is 34.5 Å². The molecule has 1 aliphatic heterocycles. The summed E-state index contributed by atoms with van der Waals surface area (Å²) in [7, 11) is 1.69. The minimum Gasteiger partial charge on any atom is -0.382 e. The minimum atomic E-state index is -0.211. The first-order chi connectivity index (χ1) is 9.55. The van der Waals surface area contributed by atoms with Gasteiger partial charge >= 0.3 is 0 Å². The predicted molar refractivity (Wildman–Crippen MR) is 84.7 cm³/mol. The summed E-state index contributed by atoms with van der Waals surface area (Å²) in [6, 6.07) is 2.12. The van der Waals surface area contributed by atoms with Gasteiger partial charge in [0.1, 0.15) is 5.69 Å². The molecule has 21 heavy (non-hydrogen) atoms. The third-order valence-electron chi connectivity index (χ3n) is 4.05. The number of nitrogens with zero attached hydrogens (tertiary/aromatic N) is 2. The largest absolute Gasteiger partial charge is 0.382 e. The Hall–Kier alpha value is -1.29. The van der Waals surface area contributed by atoms with Crippen LogP contribution in [0.2, 0.25) is 0 Å². The number of aromatic nitrogens is 1. The van der Waals surface area contributed by atoms with E-state index in [0.29, 0.717) is 6.61 Å². The van der Waals surface area contributed by atoms with E-state index < -0.39 is 0 Å². The number of rotatable bonds is 2. The summed E-state index contributed by atoms with van der Waals surface area (Å²) in [6.45, 7) is 14.1. The van der Waals surface area contributed by atoms with Gasteiger partial charge < -0.3 is 14.2 Å². The van der Waals surface area contributed by atoms with Gasteiger partial charge in [-0.25, -0.2) is 0 Å². The molecule has 2 rings (SSSR count). The SMILES string of the molecule is COC[C@H]1Cn2cc(C(C)(C)C)cc2C(=O)N1C(C)(C)C. The summed E-state index contributed by atoms with van der Waals surface area (Å²) in [5.74, 6) is 0.103. The standard InChI is InChI=1S/C17H28N2O2/c1-16(2,3)12-8-14-15(20)19(17(4,5)6)13(11-21-7)10-18(14)9-12/h8-9,13H,10-11H2,1-7H3/t13-/m1/s1. The van der Waals surface area contributed by atoms with Gasteiger partial charge in [-0.15, -0.1) is 0 Å². The van der Waals surface area contributed by atoms with Crippen LogP contribution >= 0.6 is 0 Å². The Morgan fingerprint density at radius 2 is 1.86 bits per heavy atom. The van der Waals surface area contributed by atoms with Crippen LogP contribution in [-0.2, 0) is 16.7 Å². The van der Waals surface area contributed by atoms with E-state index in [2.05, 4.69) is 52.3 Å². The zero-order valence-corrected chi connectivity index (χ0v) is 14.4. The molecule has 0 aliphatic carbocycles. The highest BCUT2D eigenvalue weighted by Crippen LogP contribution is 2.31. The molecule has 1 amide bonds. The van der Waals surface area contributed by atoms with Crippen molar-refractivity contribution in [1.29, 1.82) is 0 Å². The van der Waals surface area contributed by atoms with Crippen LogP contribution in [0.4, 0.5) is 0 Å². The second-order valence-corrected chi connectivity index (χ2v) is 7.97. The molecule has 0 N–H and O–H groups in total. The molecular weight excluding hydrogens is 264 g/mol. The predicted octanol–water partition coefficient (Wildman–Crippen LogP) is 3.05. The number of carbonyl (C=O) groups is 1. The highest BCUT2D eigenvalue weighted by Gasteiger charge is 2.39. The molecule has 1 aromatic rings. The van der Waals surface area contributed by atoms with Crippen LogP contribution in [0, 0.1) is 0 Å². The van der Waals surface area contributed by atoms with E-state index in [1.165, 1.54) is 5.56 Å². The normalized spacial score (nSPS) is 19.9. The fraction of sp³-hybridized carbons (Fsp3) is 0.706. The third kappa shape index (κ3) is 3.00. The number of carbonyl (C=O) groups excluding carboxylic acids is 1. The first-order valence-corrected chi connectivity index (χ1v) is 7.59. The average molecular weight is 292 g/mol. The number of hydrogen-bond donors (Lipinski definition) is 0. The fourth-order valence-corrected chi connectivity index (χ4v) is 3.02.